The molecule has 0 unspecified atom stereocenters. The lowest BCUT2D eigenvalue weighted by Gasteiger charge is -2.01. The van der Waals surface area contributed by atoms with E-state index in [2.05, 4.69) is 4.84 Å². The molecule has 1 aromatic rings. The summed E-state index contributed by atoms with van der Waals surface area (Å²) in [6, 6.07) is 8.01. The van der Waals surface area contributed by atoms with Crippen LogP contribution in [0.3, 0.4) is 0 Å². The maximum absolute atomic E-state index is 4.93. The third-order valence-electron chi connectivity index (χ3n) is 1.50. The maximum Gasteiger partial charge on any atom is 0.0932 e. The molecule has 0 aliphatic carbocycles. The van der Waals surface area contributed by atoms with E-state index in [-0.39, 0.29) is 12.4 Å². The van der Waals surface area contributed by atoms with Crippen molar-refractivity contribution in [1.82, 2.24) is 0 Å². The van der Waals surface area contributed by atoms with E-state index in [1.807, 2.05) is 31.2 Å². The Morgan fingerprint density at radius 2 is 2.00 bits per heavy atom. The summed E-state index contributed by atoms with van der Waals surface area (Å²) in [5.74, 6) is 4.93. The molecule has 62 valence electrons. The highest BCUT2D eigenvalue weighted by molar-refractivity contribution is 5.85. The standard InChI is InChI=1S/C8H11NO.ClH/c1-7-4-2-3-5-8(7)6-10-9;/h2-5H,6,9H2,1H3;1H. The SMILES string of the molecule is Cc1ccccc1CON.Cl. The van der Waals surface area contributed by atoms with Gasteiger partial charge in [0.1, 0.15) is 0 Å². The molecular weight excluding hydrogens is 162 g/mol. The molecule has 3 heteroatoms. The molecule has 0 bridgehead atoms. The molecule has 0 saturated carbocycles. The van der Waals surface area contributed by atoms with E-state index in [1.165, 1.54) is 5.56 Å². The lowest BCUT2D eigenvalue weighted by atomic mass is 10.1. The van der Waals surface area contributed by atoms with Crippen LogP contribution in [-0.2, 0) is 11.4 Å². The summed E-state index contributed by atoms with van der Waals surface area (Å²) >= 11 is 0. The first-order valence-corrected chi connectivity index (χ1v) is 3.21. The predicted molar refractivity (Wildman–Crippen MR) is 47.4 cm³/mol. The monoisotopic (exact) mass is 173 g/mol. The zero-order valence-corrected chi connectivity index (χ0v) is 7.23. The molecule has 0 aliphatic rings. The van der Waals surface area contributed by atoms with E-state index in [9.17, 15) is 0 Å². The first-order valence-electron chi connectivity index (χ1n) is 3.21. The summed E-state index contributed by atoms with van der Waals surface area (Å²) in [5, 5.41) is 0. The summed E-state index contributed by atoms with van der Waals surface area (Å²) in [6.45, 7) is 2.53. The molecular formula is C8H12ClNO. The Kier molecular flexibility index (Phi) is 4.86. The predicted octanol–water partition coefficient (Wildman–Crippen LogP) is 1.81. The summed E-state index contributed by atoms with van der Waals surface area (Å²) < 4.78 is 0. The third-order valence-corrected chi connectivity index (χ3v) is 1.50. The normalized spacial score (nSPS) is 8.91. The molecule has 1 aromatic carbocycles. The van der Waals surface area contributed by atoms with E-state index < -0.39 is 0 Å². The number of benzene rings is 1. The van der Waals surface area contributed by atoms with Gasteiger partial charge in [-0.3, -0.25) is 4.84 Å². The van der Waals surface area contributed by atoms with Crippen LogP contribution in [0.1, 0.15) is 11.1 Å². The number of nitrogens with two attached hydrogens (primary N) is 1. The number of hydrogen-bond acceptors (Lipinski definition) is 2. The molecule has 2 nitrogen and oxygen atoms in total. The molecule has 0 spiro atoms. The van der Waals surface area contributed by atoms with Gasteiger partial charge in [-0.15, -0.1) is 12.4 Å². The van der Waals surface area contributed by atoms with Crippen LogP contribution < -0.4 is 5.90 Å². The number of halogens is 1. The van der Waals surface area contributed by atoms with Crippen molar-refractivity contribution in [2.24, 2.45) is 5.90 Å². The molecule has 2 N–H and O–H groups in total. The minimum Gasteiger partial charge on any atom is -0.300 e. The summed E-state index contributed by atoms with van der Waals surface area (Å²) in [4.78, 5) is 4.51. The van der Waals surface area contributed by atoms with Gasteiger partial charge in [0.05, 0.1) is 6.61 Å². The van der Waals surface area contributed by atoms with Crippen molar-refractivity contribution in [3.63, 3.8) is 0 Å². The highest BCUT2D eigenvalue weighted by atomic mass is 35.5. The van der Waals surface area contributed by atoms with Gasteiger partial charge in [0, 0.05) is 0 Å². The van der Waals surface area contributed by atoms with Crippen molar-refractivity contribution in [3.05, 3.63) is 35.4 Å². The van der Waals surface area contributed by atoms with Gasteiger partial charge in [0.25, 0.3) is 0 Å². The Bertz CT molecular complexity index is 215. The highest BCUT2D eigenvalue weighted by Crippen LogP contribution is 2.06. The first-order chi connectivity index (χ1) is 4.84. The van der Waals surface area contributed by atoms with Gasteiger partial charge in [-0.05, 0) is 18.1 Å². The topological polar surface area (TPSA) is 35.2 Å². The minimum atomic E-state index is 0. The number of hydrogen-bond donors (Lipinski definition) is 1. The average molecular weight is 174 g/mol. The van der Waals surface area contributed by atoms with Crippen molar-refractivity contribution < 1.29 is 4.84 Å². The van der Waals surface area contributed by atoms with Crippen molar-refractivity contribution in [3.8, 4) is 0 Å². The van der Waals surface area contributed by atoms with Crippen molar-refractivity contribution in [2.75, 3.05) is 0 Å². The summed E-state index contributed by atoms with van der Waals surface area (Å²) in [7, 11) is 0. The largest absolute Gasteiger partial charge is 0.300 e. The second kappa shape index (κ2) is 5.13. The number of aryl methyl sites for hydroxylation is 1. The van der Waals surface area contributed by atoms with E-state index in [0.29, 0.717) is 6.61 Å². The molecule has 1 rings (SSSR count). The quantitative estimate of drug-likeness (QED) is 0.693. The Morgan fingerprint density at radius 1 is 1.36 bits per heavy atom. The second-order valence-electron chi connectivity index (χ2n) is 2.24. The van der Waals surface area contributed by atoms with Crippen LogP contribution in [-0.4, -0.2) is 0 Å². The van der Waals surface area contributed by atoms with Gasteiger partial charge in [0.2, 0.25) is 0 Å². The molecule has 0 atom stereocenters. The molecule has 0 aromatic heterocycles. The van der Waals surface area contributed by atoms with E-state index in [0.717, 1.165) is 5.56 Å². The highest BCUT2D eigenvalue weighted by Gasteiger charge is 1.93. The van der Waals surface area contributed by atoms with Crippen LogP contribution in [0, 0.1) is 6.92 Å². The average Bonchev–Trinajstić information content (AvgIpc) is 1.94. The van der Waals surface area contributed by atoms with Crippen LogP contribution in [0.5, 0.6) is 0 Å². The third kappa shape index (κ3) is 2.89. The molecule has 0 fully saturated rings. The van der Waals surface area contributed by atoms with Crippen LogP contribution in [0.15, 0.2) is 24.3 Å². The molecule has 0 aliphatic heterocycles. The summed E-state index contributed by atoms with van der Waals surface area (Å²) in [5.41, 5.74) is 2.36. The lowest BCUT2D eigenvalue weighted by molar-refractivity contribution is 0.123. The zero-order chi connectivity index (χ0) is 7.40. The molecule has 0 heterocycles. The Morgan fingerprint density at radius 3 is 2.55 bits per heavy atom. The smallest absolute Gasteiger partial charge is 0.0932 e. The summed E-state index contributed by atoms with van der Waals surface area (Å²) in [6.07, 6.45) is 0. The Balaban J connectivity index is 0.000001000. The van der Waals surface area contributed by atoms with Gasteiger partial charge in [-0.2, -0.15) is 0 Å². The maximum atomic E-state index is 4.93. The van der Waals surface area contributed by atoms with Gasteiger partial charge in [-0.25, -0.2) is 5.90 Å². The van der Waals surface area contributed by atoms with Crippen molar-refractivity contribution >= 4 is 12.4 Å². The number of rotatable bonds is 2. The molecule has 11 heavy (non-hydrogen) atoms. The van der Waals surface area contributed by atoms with Gasteiger partial charge in [-0.1, -0.05) is 24.3 Å². The fourth-order valence-corrected chi connectivity index (χ4v) is 0.862. The van der Waals surface area contributed by atoms with Crippen LogP contribution in [0.4, 0.5) is 0 Å². The van der Waals surface area contributed by atoms with Crippen molar-refractivity contribution in [1.29, 1.82) is 0 Å². The fourth-order valence-electron chi connectivity index (χ4n) is 0.862. The molecule has 0 amide bonds. The second-order valence-corrected chi connectivity index (χ2v) is 2.24. The fraction of sp³-hybridized carbons (Fsp3) is 0.250. The zero-order valence-electron chi connectivity index (χ0n) is 6.41. The minimum absolute atomic E-state index is 0. The van der Waals surface area contributed by atoms with E-state index >= 15 is 0 Å². The van der Waals surface area contributed by atoms with Gasteiger partial charge >= 0.3 is 0 Å². The van der Waals surface area contributed by atoms with Crippen LogP contribution >= 0.6 is 12.4 Å². The Hall–Kier alpha value is -0.570. The van der Waals surface area contributed by atoms with E-state index in [4.69, 9.17) is 5.90 Å². The van der Waals surface area contributed by atoms with Gasteiger partial charge < -0.3 is 0 Å². The first kappa shape index (κ1) is 10.4. The van der Waals surface area contributed by atoms with Crippen LogP contribution in [0.2, 0.25) is 0 Å². The molecule has 0 saturated heterocycles. The Labute approximate surface area is 72.7 Å². The van der Waals surface area contributed by atoms with E-state index in [1.54, 1.807) is 0 Å². The van der Waals surface area contributed by atoms with Crippen LogP contribution in [0.25, 0.3) is 0 Å². The molecule has 0 radical (unpaired) electrons. The van der Waals surface area contributed by atoms with Crippen molar-refractivity contribution in [2.45, 2.75) is 13.5 Å². The lowest BCUT2D eigenvalue weighted by Crippen LogP contribution is -1.99. The van der Waals surface area contributed by atoms with Gasteiger partial charge in [0.15, 0.2) is 0 Å².